The van der Waals surface area contributed by atoms with Crippen molar-refractivity contribution in [3.8, 4) is 11.5 Å². The standard InChI is InChI=1S/C15H16N4O4/c1-10(20)18-4-6-19(7-5-18)14(21)12-9-11(16-15(22)17-12)13-3-2-8-23-13/h2-3,8-9H,4-7H2,1H3,(H,16,17,22). The average molecular weight is 316 g/mol. The molecule has 0 unspecified atom stereocenters. The summed E-state index contributed by atoms with van der Waals surface area (Å²) in [7, 11) is 0. The number of piperazine rings is 1. The molecule has 0 spiro atoms. The zero-order valence-electron chi connectivity index (χ0n) is 12.6. The van der Waals surface area contributed by atoms with E-state index in [4.69, 9.17) is 4.42 Å². The van der Waals surface area contributed by atoms with Crippen LogP contribution in [0, 0.1) is 0 Å². The summed E-state index contributed by atoms with van der Waals surface area (Å²) in [4.78, 5) is 45.1. The normalized spacial score (nSPS) is 14.8. The minimum absolute atomic E-state index is 0.00788. The summed E-state index contributed by atoms with van der Waals surface area (Å²) in [6.07, 6.45) is 1.48. The molecule has 3 heterocycles. The van der Waals surface area contributed by atoms with Crippen LogP contribution in [0.2, 0.25) is 0 Å². The van der Waals surface area contributed by atoms with Crippen molar-refractivity contribution in [2.75, 3.05) is 26.2 Å². The third-order valence-corrected chi connectivity index (χ3v) is 3.76. The van der Waals surface area contributed by atoms with Gasteiger partial charge in [0.15, 0.2) is 0 Å². The van der Waals surface area contributed by atoms with Crippen molar-refractivity contribution in [1.82, 2.24) is 19.8 Å². The van der Waals surface area contributed by atoms with Gasteiger partial charge in [0.05, 0.1) is 12.0 Å². The molecule has 8 heteroatoms. The predicted octanol–water partition coefficient (Wildman–Crippen LogP) is 0.334. The van der Waals surface area contributed by atoms with Gasteiger partial charge in [0, 0.05) is 33.1 Å². The lowest BCUT2D eigenvalue weighted by molar-refractivity contribution is -0.130. The number of rotatable bonds is 2. The Kier molecular flexibility index (Phi) is 3.96. The van der Waals surface area contributed by atoms with Crippen molar-refractivity contribution >= 4 is 11.8 Å². The van der Waals surface area contributed by atoms with Crippen LogP contribution in [-0.4, -0.2) is 57.8 Å². The number of amides is 2. The second-order valence-corrected chi connectivity index (χ2v) is 5.26. The number of furan rings is 1. The highest BCUT2D eigenvalue weighted by molar-refractivity contribution is 5.93. The Morgan fingerprint density at radius 2 is 1.91 bits per heavy atom. The minimum atomic E-state index is -0.607. The van der Waals surface area contributed by atoms with Crippen molar-refractivity contribution in [3.63, 3.8) is 0 Å². The van der Waals surface area contributed by atoms with Crippen molar-refractivity contribution < 1.29 is 14.0 Å². The monoisotopic (exact) mass is 316 g/mol. The maximum Gasteiger partial charge on any atom is 0.346 e. The summed E-state index contributed by atoms with van der Waals surface area (Å²) < 4.78 is 5.23. The molecular weight excluding hydrogens is 300 g/mol. The third-order valence-electron chi connectivity index (χ3n) is 3.76. The van der Waals surface area contributed by atoms with E-state index in [1.807, 2.05) is 0 Å². The van der Waals surface area contributed by atoms with Gasteiger partial charge in [0.25, 0.3) is 5.91 Å². The van der Waals surface area contributed by atoms with Crippen LogP contribution < -0.4 is 5.69 Å². The van der Waals surface area contributed by atoms with E-state index in [2.05, 4.69) is 9.97 Å². The molecule has 1 aliphatic rings. The van der Waals surface area contributed by atoms with Crippen molar-refractivity contribution in [2.45, 2.75) is 6.92 Å². The number of carbonyl (C=O) groups excluding carboxylic acids is 2. The van der Waals surface area contributed by atoms with Gasteiger partial charge in [-0.2, -0.15) is 4.98 Å². The summed E-state index contributed by atoms with van der Waals surface area (Å²) in [5, 5.41) is 0. The van der Waals surface area contributed by atoms with E-state index < -0.39 is 5.69 Å². The maximum absolute atomic E-state index is 12.5. The predicted molar refractivity (Wildman–Crippen MR) is 80.7 cm³/mol. The fraction of sp³-hybridized carbons (Fsp3) is 0.333. The highest BCUT2D eigenvalue weighted by atomic mass is 16.3. The Balaban J connectivity index is 1.81. The van der Waals surface area contributed by atoms with E-state index in [0.29, 0.717) is 37.6 Å². The number of H-pyrrole nitrogens is 1. The van der Waals surface area contributed by atoms with Gasteiger partial charge in [-0.3, -0.25) is 9.59 Å². The first-order valence-electron chi connectivity index (χ1n) is 7.24. The average Bonchev–Trinajstić information content (AvgIpc) is 3.08. The first-order valence-corrected chi connectivity index (χ1v) is 7.24. The van der Waals surface area contributed by atoms with Crippen LogP contribution in [-0.2, 0) is 4.79 Å². The highest BCUT2D eigenvalue weighted by Crippen LogP contribution is 2.17. The molecular formula is C15H16N4O4. The third kappa shape index (κ3) is 3.15. The molecule has 0 radical (unpaired) electrons. The zero-order valence-corrected chi connectivity index (χ0v) is 12.6. The minimum Gasteiger partial charge on any atom is -0.463 e. The molecule has 0 bridgehead atoms. The Morgan fingerprint density at radius 3 is 2.52 bits per heavy atom. The van der Waals surface area contributed by atoms with Crippen LogP contribution in [0.1, 0.15) is 17.4 Å². The molecule has 1 aliphatic heterocycles. The zero-order chi connectivity index (χ0) is 16.4. The fourth-order valence-electron chi connectivity index (χ4n) is 2.52. The van der Waals surface area contributed by atoms with E-state index in [9.17, 15) is 14.4 Å². The van der Waals surface area contributed by atoms with E-state index in [1.165, 1.54) is 19.3 Å². The molecule has 0 aromatic carbocycles. The van der Waals surface area contributed by atoms with E-state index in [1.54, 1.807) is 21.9 Å². The summed E-state index contributed by atoms with van der Waals surface area (Å²) in [6, 6.07) is 4.88. The Hall–Kier alpha value is -2.90. The van der Waals surface area contributed by atoms with E-state index in [0.717, 1.165) is 0 Å². The number of hydrogen-bond acceptors (Lipinski definition) is 5. The maximum atomic E-state index is 12.5. The molecule has 8 nitrogen and oxygen atoms in total. The van der Waals surface area contributed by atoms with Gasteiger partial charge < -0.3 is 19.2 Å². The van der Waals surface area contributed by atoms with Gasteiger partial charge in [-0.1, -0.05) is 0 Å². The molecule has 1 fully saturated rings. The van der Waals surface area contributed by atoms with Gasteiger partial charge >= 0.3 is 5.69 Å². The lowest BCUT2D eigenvalue weighted by Crippen LogP contribution is -2.50. The van der Waals surface area contributed by atoms with Gasteiger partial charge in [-0.25, -0.2) is 4.79 Å². The molecule has 2 aromatic heterocycles. The van der Waals surface area contributed by atoms with Crippen LogP contribution >= 0.6 is 0 Å². The van der Waals surface area contributed by atoms with Crippen LogP contribution in [0.25, 0.3) is 11.5 Å². The fourth-order valence-corrected chi connectivity index (χ4v) is 2.52. The van der Waals surface area contributed by atoms with Gasteiger partial charge in [0.2, 0.25) is 5.91 Å². The van der Waals surface area contributed by atoms with Crippen LogP contribution in [0.4, 0.5) is 0 Å². The Bertz CT molecular complexity index is 773. The van der Waals surface area contributed by atoms with E-state index in [-0.39, 0.29) is 17.5 Å². The van der Waals surface area contributed by atoms with Crippen LogP contribution in [0.5, 0.6) is 0 Å². The Morgan fingerprint density at radius 1 is 1.22 bits per heavy atom. The van der Waals surface area contributed by atoms with Crippen LogP contribution in [0.15, 0.2) is 33.7 Å². The first-order chi connectivity index (χ1) is 11.0. The SMILES string of the molecule is CC(=O)N1CCN(C(=O)c2cc(-c3ccco3)[nH]c(=O)n2)CC1. The smallest absolute Gasteiger partial charge is 0.346 e. The molecule has 0 saturated carbocycles. The molecule has 1 saturated heterocycles. The number of hydrogen-bond donors (Lipinski definition) is 1. The van der Waals surface area contributed by atoms with E-state index >= 15 is 0 Å². The topological polar surface area (TPSA) is 99.5 Å². The molecule has 2 amide bonds. The van der Waals surface area contributed by atoms with Crippen molar-refractivity contribution in [1.29, 1.82) is 0 Å². The quantitative estimate of drug-likeness (QED) is 0.861. The first kappa shape index (κ1) is 15.0. The van der Waals surface area contributed by atoms with Gasteiger partial charge in [-0.15, -0.1) is 0 Å². The molecule has 1 N–H and O–H groups in total. The molecule has 2 aromatic rings. The number of aromatic amines is 1. The summed E-state index contributed by atoms with van der Waals surface area (Å²) in [5.41, 5.74) is -0.137. The van der Waals surface area contributed by atoms with Crippen molar-refractivity contribution in [2.24, 2.45) is 0 Å². The molecule has 0 atom stereocenters. The van der Waals surface area contributed by atoms with Crippen LogP contribution in [0.3, 0.4) is 0 Å². The van der Waals surface area contributed by atoms with Gasteiger partial charge in [0.1, 0.15) is 11.5 Å². The second kappa shape index (κ2) is 6.07. The number of nitrogens with zero attached hydrogens (tertiary/aromatic N) is 3. The largest absolute Gasteiger partial charge is 0.463 e. The lowest BCUT2D eigenvalue weighted by Gasteiger charge is -2.34. The molecule has 23 heavy (non-hydrogen) atoms. The summed E-state index contributed by atoms with van der Waals surface area (Å²) >= 11 is 0. The molecule has 120 valence electrons. The number of aromatic nitrogens is 2. The lowest BCUT2D eigenvalue weighted by atomic mass is 10.2. The molecule has 0 aliphatic carbocycles. The Labute approximate surface area is 131 Å². The number of nitrogens with one attached hydrogen (secondary N) is 1. The second-order valence-electron chi connectivity index (χ2n) is 5.26. The number of carbonyl (C=O) groups is 2. The van der Waals surface area contributed by atoms with Crippen molar-refractivity contribution in [3.05, 3.63) is 40.6 Å². The highest BCUT2D eigenvalue weighted by Gasteiger charge is 2.24. The molecule has 3 rings (SSSR count). The summed E-state index contributed by atoms with van der Waals surface area (Å²) in [5.74, 6) is 0.124. The van der Waals surface area contributed by atoms with Gasteiger partial charge in [-0.05, 0) is 18.2 Å². The summed E-state index contributed by atoms with van der Waals surface area (Å²) in [6.45, 7) is 3.31.